The Hall–Kier alpha value is -4.67. The van der Waals surface area contributed by atoms with Crippen molar-refractivity contribution < 1.29 is 19.5 Å². The van der Waals surface area contributed by atoms with Crippen molar-refractivity contribution in [3.8, 4) is 0 Å². The summed E-state index contributed by atoms with van der Waals surface area (Å²) in [5, 5.41) is 22.0. The van der Waals surface area contributed by atoms with Gasteiger partial charge in [-0.15, -0.1) is 0 Å². The molecule has 0 spiro atoms. The number of carbonyl (C=O) groups excluding carboxylic acids is 2. The van der Waals surface area contributed by atoms with Crippen molar-refractivity contribution >= 4 is 40.3 Å². The zero-order valence-corrected chi connectivity index (χ0v) is 18.1. The summed E-state index contributed by atoms with van der Waals surface area (Å²) in [6, 6.07) is 12.2. The first-order chi connectivity index (χ1) is 16.4. The van der Waals surface area contributed by atoms with Gasteiger partial charge in [0.2, 0.25) is 0 Å². The monoisotopic (exact) mass is 459 g/mol. The van der Waals surface area contributed by atoms with Crippen LogP contribution in [0.15, 0.2) is 54.9 Å². The van der Waals surface area contributed by atoms with E-state index in [2.05, 4.69) is 26.0 Å². The Kier molecular flexibility index (Phi) is 5.21. The summed E-state index contributed by atoms with van der Waals surface area (Å²) in [6.07, 6.45) is 2.01. The van der Waals surface area contributed by atoms with E-state index in [4.69, 9.17) is 5.11 Å². The lowest BCUT2D eigenvalue weighted by molar-refractivity contribution is 0.0918. The second kappa shape index (κ2) is 8.35. The predicted octanol–water partition coefficient (Wildman–Crippen LogP) is 2.93. The van der Waals surface area contributed by atoms with Crippen molar-refractivity contribution in [2.24, 2.45) is 0 Å². The van der Waals surface area contributed by atoms with E-state index in [1.807, 2.05) is 11.5 Å². The minimum absolute atomic E-state index is 0.0211. The van der Waals surface area contributed by atoms with Gasteiger partial charge in [0, 0.05) is 23.8 Å². The van der Waals surface area contributed by atoms with Crippen molar-refractivity contribution in [2.45, 2.75) is 19.5 Å². The molecule has 1 atom stereocenters. The molecule has 0 saturated heterocycles. The molecule has 34 heavy (non-hydrogen) atoms. The van der Waals surface area contributed by atoms with Gasteiger partial charge in [-0.2, -0.15) is 5.10 Å². The van der Waals surface area contributed by atoms with E-state index in [9.17, 15) is 14.4 Å². The van der Waals surface area contributed by atoms with Gasteiger partial charge in [0.25, 0.3) is 11.8 Å². The summed E-state index contributed by atoms with van der Waals surface area (Å²) in [5.41, 5.74) is 3.00. The van der Waals surface area contributed by atoms with Crippen LogP contribution in [-0.2, 0) is 6.54 Å². The van der Waals surface area contributed by atoms with E-state index < -0.39 is 12.0 Å². The minimum Gasteiger partial charge on any atom is -0.465 e. The smallest absolute Gasteiger partial charge is 0.409 e. The van der Waals surface area contributed by atoms with E-state index in [-0.39, 0.29) is 17.6 Å². The molecule has 0 saturated carbocycles. The molecule has 3 amide bonds. The van der Waals surface area contributed by atoms with E-state index in [1.165, 1.54) is 6.20 Å². The van der Waals surface area contributed by atoms with Gasteiger partial charge >= 0.3 is 6.09 Å². The molecule has 172 valence electrons. The first-order valence-electron chi connectivity index (χ1n) is 10.6. The van der Waals surface area contributed by atoms with Crippen LogP contribution in [0.4, 0.5) is 16.2 Å². The third kappa shape index (κ3) is 3.94. The lowest BCUT2D eigenvalue weighted by Gasteiger charge is -2.23. The summed E-state index contributed by atoms with van der Waals surface area (Å²) >= 11 is 0. The molecule has 0 aliphatic carbocycles. The molecule has 0 fully saturated rings. The molecule has 3 aromatic heterocycles. The van der Waals surface area contributed by atoms with Crippen LogP contribution in [0.25, 0.3) is 11.0 Å². The van der Waals surface area contributed by atoms with E-state index in [0.717, 1.165) is 10.9 Å². The molecule has 0 bridgehead atoms. The molecule has 4 aromatic rings. The number of aromatic nitrogens is 4. The maximum absolute atomic E-state index is 12.9. The summed E-state index contributed by atoms with van der Waals surface area (Å²) in [5.74, 6) is -0.562. The molecule has 11 heteroatoms. The molecule has 4 N–H and O–H groups in total. The molecule has 0 unspecified atom stereocenters. The number of rotatable bonds is 5. The average molecular weight is 459 g/mol. The minimum atomic E-state index is -1.15. The fraction of sp³-hybridized carbons (Fsp3) is 0.174. The normalized spacial score (nSPS) is 15.0. The number of carboxylic acid groups (broad SMARTS) is 1. The molecule has 0 radical (unpaired) electrons. The molecule has 11 nitrogen and oxygen atoms in total. The number of benzene rings is 1. The Morgan fingerprint density at radius 1 is 1.21 bits per heavy atom. The van der Waals surface area contributed by atoms with Crippen molar-refractivity contribution in [1.82, 2.24) is 24.6 Å². The third-order valence-electron chi connectivity index (χ3n) is 5.63. The second-order valence-electron chi connectivity index (χ2n) is 8.04. The summed E-state index contributed by atoms with van der Waals surface area (Å²) in [7, 11) is 0. The Balaban J connectivity index is 1.34. The Morgan fingerprint density at radius 2 is 2.03 bits per heavy atom. The molecular weight excluding hydrogens is 438 g/mol. The van der Waals surface area contributed by atoms with Crippen LogP contribution in [-0.4, -0.2) is 48.9 Å². The number of carbonyl (C=O) groups is 3. The third-order valence-corrected chi connectivity index (χ3v) is 5.63. The van der Waals surface area contributed by atoms with E-state index >= 15 is 0 Å². The molecule has 5 rings (SSSR count). The number of pyridine rings is 1. The Morgan fingerprint density at radius 3 is 2.85 bits per heavy atom. The summed E-state index contributed by atoms with van der Waals surface area (Å²) in [6.45, 7) is 2.79. The largest absolute Gasteiger partial charge is 0.465 e. The van der Waals surface area contributed by atoms with Gasteiger partial charge in [-0.05, 0) is 36.8 Å². The zero-order valence-electron chi connectivity index (χ0n) is 18.1. The number of amides is 3. The van der Waals surface area contributed by atoms with Gasteiger partial charge in [0.15, 0.2) is 0 Å². The number of hydrogen-bond acceptors (Lipinski definition) is 5. The number of anilines is 2. The highest BCUT2D eigenvalue weighted by Gasteiger charge is 2.25. The Bertz CT molecular complexity index is 1440. The zero-order chi connectivity index (χ0) is 23.8. The van der Waals surface area contributed by atoms with Crippen LogP contribution in [0.2, 0.25) is 0 Å². The van der Waals surface area contributed by atoms with Crippen molar-refractivity contribution in [3.63, 3.8) is 0 Å². The van der Waals surface area contributed by atoms with Gasteiger partial charge in [0.05, 0.1) is 24.5 Å². The highest BCUT2D eigenvalue weighted by atomic mass is 16.4. The molecule has 1 aromatic carbocycles. The van der Waals surface area contributed by atoms with Gasteiger partial charge in [-0.25, -0.2) is 9.78 Å². The van der Waals surface area contributed by atoms with Crippen molar-refractivity contribution in [2.75, 3.05) is 17.2 Å². The standard InChI is InChI=1S/C23H21N7O4/c1-13-9-24-22(32)19-8-14-6-7-18(27-20(14)30(13)19)21(31)26-16-10-25-29(12-16)11-15-4-2-3-5-17(15)28-23(33)34/h2-8,10,12-13,28H,9,11H2,1H3,(H,24,32)(H,26,31)(H,33,34)/t13-/m1/s1. The maximum Gasteiger partial charge on any atom is 0.409 e. The molecule has 1 aliphatic heterocycles. The number of para-hydroxylation sites is 1. The highest BCUT2D eigenvalue weighted by Crippen LogP contribution is 2.26. The first kappa shape index (κ1) is 21.2. The number of fused-ring (bicyclic) bond motifs is 3. The van der Waals surface area contributed by atoms with Crippen LogP contribution in [0.3, 0.4) is 0 Å². The lowest BCUT2D eigenvalue weighted by Crippen LogP contribution is -2.37. The van der Waals surface area contributed by atoms with Crippen LogP contribution in [0.5, 0.6) is 0 Å². The molecule has 4 heterocycles. The second-order valence-corrected chi connectivity index (χ2v) is 8.04. The Labute approximate surface area is 193 Å². The lowest BCUT2D eigenvalue weighted by atomic mass is 10.2. The van der Waals surface area contributed by atoms with Crippen LogP contribution in [0, 0.1) is 0 Å². The van der Waals surface area contributed by atoms with Crippen LogP contribution < -0.4 is 16.0 Å². The first-order valence-corrected chi connectivity index (χ1v) is 10.6. The van der Waals surface area contributed by atoms with Gasteiger partial charge in [-0.3, -0.25) is 19.6 Å². The molecular formula is C23H21N7O4. The van der Waals surface area contributed by atoms with Crippen molar-refractivity contribution in [3.05, 3.63) is 71.8 Å². The maximum atomic E-state index is 12.9. The van der Waals surface area contributed by atoms with Gasteiger partial charge in [0.1, 0.15) is 17.0 Å². The fourth-order valence-electron chi connectivity index (χ4n) is 4.05. The summed E-state index contributed by atoms with van der Waals surface area (Å²) in [4.78, 5) is 40.6. The van der Waals surface area contributed by atoms with E-state index in [0.29, 0.717) is 35.8 Å². The van der Waals surface area contributed by atoms with Crippen LogP contribution in [0.1, 0.15) is 39.5 Å². The highest BCUT2D eigenvalue weighted by molar-refractivity contribution is 6.04. The number of nitrogens with zero attached hydrogens (tertiary/aromatic N) is 4. The van der Waals surface area contributed by atoms with Gasteiger partial charge < -0.3 is 20.3 Å². The van der Waals surface area contributed by atoms with Gasteiger partial charge in [-0.1, -0.05) is 18.2 Å². The summed E-state index contributed by atoms with van der Waals surface area (Å²) < 4.78 is 3.45. The number of hydrogen-bond donors (Lipinski definition) is 4. The van der Waals surface area contributed by atoms with Crippen molar-refractivity contribution in [1.29, 1.82) is 0 Å². The predicted molar refractivity (Wildman–Crippen MR) is 124 cm³/mol. The van der Waals surface area contributed by atoms with Crippen LogP contribution >= 0.6 is 0 Å². The molecule has 1 aliphatic rings. The fourth-order valence-corrected chi connectivity index (χ4v) is 4.05. The topological polar surface area (TPSA) is 143 Å². The quantitative estimate of drug-likeness (QED) is 0.361. The SMILES string of the molecule is C[C@@H]1CNC(=O)c2cc3ccc(C(=O)Nc4cnn(Cc5ccccc5NC(=O)O)c4)nc3n21. The number of nitrogens with one attached hydrogen (secondary N) is 3. The average Bonchev–Trinajstić information content (AvgIpc) is 3.41. The van der Waals surface area contributed by atoms with E-state index in [1.54, 1.807) is 53.3 Å².